The molecule has 0 radical (unpaired) electrons. The highest BCUT2D eigenvalue weighted by molar-refractivity contribution is 5.70. The largest absolute Gasteiger partial charge is 0.462 e. The van der Waals surface area contributed by atoms with Gasteiger partial charge < -0.3 is 14.2 Å². The molecule has 0 heterocycles. The number of esters is 2. The zero-order chi connectivity index (χ0) is 42.1. The summed E-state index contributed by atoms with van der Waals surface area (Å²) in [6.07, 6.45) is 64.3. The Morgan fingerprint density at radius 2 is 0.776 bits per heavy atom. The Morgan fingerprint density at radius 3 is 1.28 bits per heavy atom. The van der Waals surface area contributed by atoms with Crippen LogP contribution in [0.15, 0.2) is 97.2 Å². The molecule has 1 unspecified atom stereocenters. The van der Waals surface area contributed by atoms with Crippen LogP contribution < -0.4 is 0 Å². The molecule has 58 heavy (non-hydrogen) atoms. The summed E-state index contributed by atoms with van der Waals surface area (Å²) in [5.74, 6) is -0.457. The molecule has 0 saturated heterocycles. The number of allylic oxidation sites excluding steroid dienone is 16. The molecule has 330 valence electrons. The normalized spacial score (nSPS) is 13.1. The molecule has 0 aromatic carbocycles. The number of carbonyl (C=O) groups is 2. The fourth-order valence-electron chi connectivity index (χ4n) is 6.08. The summed E-state index contributed by atoms with van der Waals surface area (Å²) in [5, 5.41) is 0. The first-order chi connectivity index (χ1) is 28.6. The Hall–Kier alpha value is -3.18. The van der Waals surface area contributed by atoms with Crippen molar-refractivity contribution >= 4 is 11.9 Å². The van der Waals surface area contributed by atoms with Crippen molar-refractivity contribution in [3.05, 3.63) is 97.2 Å². The van der Waals surface area contributed by atoms with Gasteiger partial charge in [-0.15, -0.1) is 0 Å². The lowest BCUT2D eigenvalue weighted by molar-refractivity contribution is -0.163. The lowest BCUT2D eigenvalue weighted by Crippen LogP contribution is -2.30. The molecule has 0 rings (SSSR count). The third-order valence-corrected chi connectivity index (χ3v) is 9.60. The van der Waals surface area contributed by atoms with Crippen LogP contribution in [0.3, 0.4) is 0 Å². The van der Waals surface area contributed by atoms with Gasteiger partial charge in [0.15, 0.2) is 6.10 Å². The van der Waals surface area contributed by atoms with Crippen LogP contribution in [-0.2, 0) is 23.8 Å². The number of hydrogen-bond donors (Lipinski definition) is 0. The first-order valence-corrected chi connectivity index (χ1v) is 23.8. The van der Waals surface area contributed by atoms with Gasteiger partial charge in [0.05, 0.1) is 6.61 Å². The van der Waals surface area contributed by atoms with Gasteiger partial charge in [-0.2, -0.15) is 0 Å². The summed E-state index contributed by atoms with van der Waals surface area (Å²) in [6.45, 7) is 7.48. The molecule has 0 aliphatic carbocycles. The quantitative estimate of drug-likeness (QED) is 0.0349. The first kappa shape index (κ1) is 54.8. The van der Waals surface area contributed by atoms with Crippen molar-refractivity contribution in [2.24, 2.45) is 0 Å². The van der Waals surface area contributed by atoms with Crippen LogP contribution in [0.25, 0.3) is 0 Å². The molecular weight excluding hydrogens is 717 g/mol. The van der Waals surface area contributed by atoms with Crippen LogP contribution in [0.5, 0.6) is 0 Å². The summed E-state index contributed by atoms with van der Waals surface area (Å²) in [7, 11) is 0. The molecule has 5 nitrogen and oxygen atoms in total. The van der Waals surface area contributed by atoms with Crippen LogP contribution in [0.4, 0.5) is 0 Å². The lowest BCUT2D eigenvalue weighted by atomic mass is 10.1. The third-order valence-electron chi connectivity index (χ3n) is 9.60. The van der Waals surface area contributed by atoms with Crippen molar-refractivity contribution < 1.29 is 23.8 Å². The van der Waals surface area contributed by atoms with Crippen molar-refractivity contribution in [1.29, 1.82) is 0 Å². The second-order valence-corrected chi connectivity index (χ2v) is 15.3. The highest BCUT2D eigenvalue weighted by atomic mass is 16.6. The molecule has 1 atom stereocenters. The SMILES string of the molecule is CC/C=C\C/C=C\C/C=C\C/C=C\C/C=C\C/C=C\CCCOCC(COC(=O)CCCCCCC/C=C\C/C=C\CCCCC)OC(=O)CCCCCCCCC. The molecule has 0 fully saturated rings. The average molecular weight is 805 g/mol. The van der Waals surface area contributed by atoms with Crippen LogP contribution in [-0.4, -0.2) is 37.9 Å². The van der Waals surface area contributed by atoms with Crippen molar-refractivity contribution in [3.63, 3.8) is 0 Å². The molecule has 0 aromatic heterocycles. The van der Waals surface area contributed by atoms with E-state index in [1.54, 1.807) is 0 Å². The molecule has 0 aromatic rings. The van der Waals surface area contributed by atoms with Gasteiger partial charge in [-0.3, -0.25) is 9.59 Å². The highest BCUT2D eigenvalue weighted by Crippen LogP contribution is 2.12. The van der Waals surface area contributed by atoms with Crippen molar-refractivity contribution in [2.75, 3.05) is 19.8 Å². The van der Waals surface area contributed by atoms with Gasteiger partial charge >= 0.3 is 11.9 Å². The molecule has 0 spiro atoms. The lowest BCUT2D eigenvalue weighted by Gasteiger charge is -2.18. The van der Waals surface area contributed by atoms with Gasteiger partial charge in [0.1, 0.15) is 6.61 Å². The van der Waals surface area contributed by atoms with E-state index in [1.165, 1.54) is 64.2 Å². The Balaban J connectivity index is 4.29. The van der Waals surface area contributed by atoms with Gasteiger partial charge in [0.25, 0.3) is 0 Å². The maximum absolute atomic E-state index is 12.6. The zero-order valence-corrected chi connectivity index (χ0v) is 37.8. The minimum Gasteiger partial charge on any atom is -0.462 e. The fourth-order valence-corrected chi connectivity index (χ4v) is 6.08. The number of carbonyl (C=O) groups excluding carboxylic acids is 2. The Bertz CT molecular complexity index is 1140. The highest BCUT2D eigenvalue weighted by Gasteiger charge is 2.17. The van der Waals surface area contributed by atoms with Crippen molar-refractivity contribution in [1.82, 2.24) is 0 Å². The first-order valence-electron chi connectivity index (χ1n) is 23.8. The number of unbranched alkanes of at least 4 members (excludes halogenated alkanes) is 15. The van der Waals surface area contributed by atoms with Gasteiger partial charge in [0.2, 0.25) is 0 Å². The summed E-state index contributed by atoms with van der Waals surface area (Å²) < 4.78 is 17.2. The average Bonchev–Trinajstić information content (AvgIpc) is 3.22. The fraction of sp³-hybridized carbons (Fsp3) is 0.660. The number of hydrogen-bond acceptors (Lipinski definition) is 5. The third kappa shape index (κ3) is 45.5. The Labute approximate surface area is 358 Å². The number of rotatable bonds is 42. The maximum atomic E-state index is 12.6. The van der Waals surface area contributed by atoms with E-state index in [0.29, 0.717) is 19.4 Å². The van der Waals surface area contributed by atoms with E-state index in [2.05, 4.69) is 118 Å². The van der Waals surface area contributed by atoms with E-state index < -0.39 is 6.10 Å². The minimum atomic E-state index is -0.573. The van der Waals surface area contributed by atoms with E-state index in [4.69, 9.17) is 14.2 Å². The van der Waals surface area contributed by atoms with Gasteiger partial charge in [-0.05, 0) is 96.3 Å². The van der Waals surface area contributed by atoms with Crippen molar-refractivity contribution in [3.8, 4) is 0 Å². The predicted molar refractivity (Wildman–Crippen MR) is 251 cm³/mol. The van der Waals surface area contributed by atoms with Crippen molar-refractivity contribution in [2.45, 2.75) is 207 Å². The van der Waals surface area contributed by atoms with Gasteiger partial charge in [0, 0.05) is 19.4 Å². The van der Waals surface area contributed by atoms with Gasteiger partial charge in [-0.1, -0.05) is 189 Å². The molecule has 0 N–H and O–H groups in total. The van der Waals surface area contributed by atoms with E-state index in [-0.39, 0.29) is 25.2 Å². The topological polar surface area (TPSA) is 61.8 Å². The molecule has 0 amide bonds. The predicted octanol–water partition coefficient (Wildman–Crippen LogP) is 15.9. The van der Waals surface area contributed by atoms with Crippen LogP contribution in [0.1, 0.15) is 201 Å². The van der Waals surface area contributed by atoms with Crippen LogP contribution >= 0.6 is 0 Å². The monoisotopic (exact) mass is 805 g/mol. The standard InChI is InChI=1S/C53H88O5/c1-4-7-10-13-16-18-20-22-24-25-26-27-28-30-32-34-36-39-42-45-48-56-49-51(58-53(55)47-44-41-37-15-12-9-6-3)50-57-52(54)46-43-40-38-35-33-31-29-23-21-19-17-14-11-8-5-2/h7,10,16-19,22-24,26-27,29-30,32,36,39,51H,4-6,8-9,11-15,20-21,25,28,31,33-35,37-38,40-50H2,1-3H3/b10-7-,18-16-,19-17-,24-22-,27-26-,29-23-,32-30-,39-36-. The van der Waals surface area contributed by atoms with E-state index >= 15 is 0 Å². The Morgan fingerprint density at radius 1 is 0.397 bits per heavy atom. The second kappa shape index (κ2) is 48.2. The van der Waals surface area contributed by atoms with E-state index in [1.807, 2.05) is 0 Å². The molecule has 0 aliphatic heterocycles. The molecule has 0 aliphatic rings. The van der Waals surface area contributed by atoms with Crippen LogP contribution in [0.2, 0.25) is 0 Å². The summed E-state index contributed by atoms with van der Waals surface area (Å²) in [5.41, 5.74) is 0. The summed E-state index contributed by atoms with van der Waals surface area (Å²) in [6, 6.07) is 0. The maximum Gasteiger partial charge on any atom is 0.306 e. The molecule has 5 heteroatoms. The number of ether oxygens (including phenoxy) is 3. The Kier molecular flexibility index (Phi) is 45.5. The van der Waals surface area contributed by atoms with E-state index in [0.717, 1.165) is 103 Å². The molecular formula is C53H88O5. The second-order valence-electron chi connectivity index (χ2n) is 15.3. The smallest absolute Gasteiger partial charge is 0.306 e. The molecule has 0 saturated carbocycles. The molecule has 0 bridgehead atoms. The van der Waals surface area contributed by atoms with Crippen LogP contribution in [0, 0.1) is 0 Å². The van der Waals surface area contributed by atoms with E-state index in [9.17, 15) is 9.59 Å². The summed E-state index contributed by atoms with van der Waals surface area (Å²) in [4.78, 5) is 25.2. The summed E-state index contributed by atoms with van der Waals surface area (Å²) >= 11 is 0. The zero-order valence-electron chi connectivity index (χ0n) is 37.8. The van der Waals surface area contributed by atoms with Gasteiger partial charge in [-0.25, -0.2) is 0 Å². The minimum absolute atomic E-state index is 0.0506.